The molecule has 0 radical (unpaired) electrons. The first kappa shape index (κ1) is 9.25. The Morgan fingerprint density at radius 3 is 2.62 bits per heavy atom. The van der Waals surface area contributed by atoms with Gasteiger partial charge in [0.1, 0.15) is 7.05 Å². The summed E-state index contributed by atoms with van der Waals surface area (Å²) in [6.07, 6.45) is 0.937. The van der Waals surface area contributed by atoms with Gasteiger partial charge in [-0.05, 0) is 12.1 Å². The van der Waals surface area contributed by atoms with E-state index in [1.807, 2.05) is 6.07 Å². The maximum Gasteiger partial charge on any atom is 0.313 e. The van der Waals surface area contributed by atoms with Crippen LogP contribution in [-0.4, -0.2) is 23.9 Å². The van der Waals surface area contributed by atoms with Crippen LogP contribution in [0.2, 0.25) is 0 Å². The highest BCUT2D eigenvalue weighted by Gasteiger charge is 2.00. The summed E-state index contributed by atoms with van der Waals surface area (Å²) in [6, 6.07) is 8.94. The second kappa shape index (κ2) is 4.25. The first-order valence-electron chi connectivity index (χ1n) is 3.79. The molecule has 1 N–H and O–H groups in total. The SMILES string of the molecule is C[N+]([O-])=CC(=O)Nc1ccccc1. The third-order valence-electron chi connectivity index (χ3n) is 1.34. The van der Waals surface area contributed by atoms with Gasteiger partial charge in [0, 0.05) is 5.69 Å². The molecule has 0 heterocycles. The highest BCUT2D eigenvalue weighted by Crippen LogP contribution is 2.03. The molecule has 4 heteroatoms. The zero-order valence-electron chi connectivity index (χ0n) is 7.23. The summed E-state index contributed by atoms with van der Waals surface area (Å²) in [7, 11) is 1.25. The number of carbonyl (C=O) groups excluding carboxylic acids is 1. The monoisotopic (exact) mass is 178 g/mol. The van der Waals surface area contributed by atoms with Gasteiger partial charge >= 0.3 is 5.91 Å². The predicted molar refractivity (Wildman–Crippen MR) is 50.7 cm³/mol. The van der Waals surface area contributed by atoms with E-state index in [4.69, 9.17) is 0 Å². The Kier molecular flexibility index (Phi) is 3.03. The number of nitrogens with zero attached hydrogens (tertiary/aromatic N) is 1. The fourth-order valence-electron chi connectivity index (χ4n) is 0.861. The van der Waals surface area contributed by atoms with Gasteiger partial charge in [-0.25, -0.2) is 4.74 Å². The molecule has 0 aliphatic carbocycles. The van der Waals surface area contributed by atoms with Crippen LogP contribution >= 0.6 is 0 Å². The van der Waals surface area contributed by atoms with Crippen molar-refractivity contribution in [1.29, 1.82) is 0 Å². The first-order valence-corrected chi connectivity index (χ1v) is 3.79. The maximum absolute atomic E-state index is 11.0. The molecule has 1 amide bonds. The standard InChI is InChI=1S/C9H10N2O2/c1-11(13)7-9(12)10-8-5-3-2-4-6-8/h2-7H,1H3,(H,10,12). The molecule has 0 spiro atoms. The number of carbonyl (C=O) groups is 1. The summed E-state index contributed by atoms with van der Waals surface area (Å²) in [6.45, 7) is 0. The maximum atomic E-state index is 11.0. The van der Waals surface area contributed by atoms with Gasteiger partial charge in [0.05, 0.1) is 0 Å². The van der Waals surface area contributed by atoms with Gasteiger partial charge in [-0.3, -0.25) is 4.79 Å². The van der Waals surface area contributed by atoms with Crippen LogP contribution < -0.4 is 5.32 Å². The predicted octanol–water partition coefficient (Wildman–Crippen LogP) is 0.836. The van der Waals surface area contributed by atoms with E-state index in [-0.39, 0.29) is 0 Å². The van der Waals surface area contributed by atoms with Gasteiger partial charge in [-0.15, -0.1) is 0 Å². The highest BCUT2D eigenvalue weighted by atomic mass is 16.5. The Balaban J connectivity index is 2.61. The summed E-state index contributed by atoms with van der Waals surface area (Å²) in [5, 5.41) is 13.0. The minimum Gasteiger partial charge on any atom is -0.624 e. The minimum atomic E-state index is -0.427. The Morgan fingerprint density at radius 2 is 2.08 bits per heavy atom. The lowest BCUT2D eigenvalue weighted by molar-refractivity contribution is -0.416. The van der Waals surface area contributed by atoms with Gasteiger partial charge in [-0.2, -0.15) is 0 Å². The van der Waals surface area contributed by atoms with Crippen LogP contribution in [0.4, 0.5) is 5.69 Å². The van der Waals surface area contributed by atoms with Gasteiger partial charge in [0.15, 0.2) is 0 Å². The van der Waals surface area contributed by atoms with Crippen molar-refractivity contribution in [3.63, 3.8) is 0 Å². The number of hydrogen-bond donors (Lipinski definition) is 1. The quantitative estimate of drug-likeness (QED) is 0.316. The molecular formula is C9H10N2O2. The van der Waals surface area contributed by atoms with E-state index in [1.165, 1.54) is 7.05 Å². The smallest absolute Gasteiger partial charge is 0.313 e. The van der Waals surface area contributed by atoms with Crippen LogP contribution in [0, 0.1) is 5.21 Å². The summed E-state index contributed by atoms with van der Waals surface area (Å²) in [4.78, 5) is 11.0. The fraction of sp³-hybridized carbons (Fsp3) is 0.111. The number of hydroxylamine groups is 1. The van der Waals surface area contributed by atoms with E-state index < -0.39 is 5.91 Å². The second-order valence-corrected chi connectivity index (χ2v) is 2.53. The number of nitrogens with one attached hydrogen (secondary N) is 1. The molecule has 1 rings (SSSR count). The topological polar surface area (TPSA) is 55.2 Å². The van der Waals surface area contributed by atoms with E-state index in [9.17, 15) is 10.0 Å². The van der Waals surface area contributed by atoms with Crippen molar-refractivity contribution in [1.82, 2.24) is 0 Å². The molecule has 13 heavy (non-hydrogen) atoms. The second-order valence-electron chi connectivity index (χ2n) is 2.53. The Labute approximate surface area is 76.1 Å². The molecule has 1 aromatic carbocycles. The number of anilines is 1. The molecule has 0 aliphatic rings. The van der Waals surface area contributed by atoms with Crippen LogP contribution in [0.3, 0.4) is 0 Å². The Morgan fingerprint density at radius 1 is 1.46 bits per heavy atom. The molecule has 0 aliphatic heterocycles. The molecule has 68 valence electrons. The number of rotatable bonds is 2. The summed E-state index contributed by atoms with van der Waals surface area (Å²) < 4.78 is 0.457. The van der Waals surface area contributed by atoms with E-state index in [0.29, 0.717) is 10.4 Å². The summed E-state index contributed by atoms with van der Waals surface area (Å²) in [5.74, 6) is -0.427. The number of amides is 1. The zero-order valence-corrected chi connectivity index (χ0v) is 7.23. The lowest BCUT2D eigenvalue weighted by Crippen LogP contribution is -2.17. The average Bonchev–Trinajstić information content (AvgIpc) is 2.04. The largest absolute Gasteiger partial charge is 0.624 e. The summed E-state index contributed by atoms with van der Waals surface area (Å²) in [5.41, 5.74) is 0.672. The number of para-hydroxylation sites is 1. The minimum absolute atomic E-state index is 0.427. The van der Waals surface area contributed by atoms with Crippen LogP contribution in [0.1, 0.15) is 0 Å². The average molecular weight is 178 g/mol. The van der Waals surface area contributed by atoms with Gasteiger partial charge in [-0.1, -0.05) is 18.2 Å². The van der Waals surface area contributed by atoms with Gasteiger partial charge < -0.3 is 10.5 Å². The fourth-order valence-corrected chi connectivity index (χ4v) is 0.861. The van der Waals surface area contributed by atoms with E-state index in [2.05, 4.69) is 5.32 Å². The number of benzene rings is 1. The van der Waals surface area contributed by atoms with E-state index in [1.54, 1.807) is 24.3 Å². The molecule has 0 unspecified atom stereocenters. The molecule has 1 aromatic rings. The molecule has 0 saturated heterocycles. The lowest BCUT2D eigenvalue weighted by Gasteiger charge is -1.99. The Hall–Kier alpha value is -1.84. The molecule has 0 saturated carbocycles. The van der Waals surface area contributed by atoms with Crippen LogP contribution in [0.5, 0.6) is 0 Å². The van der Waals surface area contributed by atoms with Crippen molar-refractivity contribution < 1.29 is 9.53 Å². The molecule has 4 nitrogen and oxygen atoms in total. The first-order chi connectivity index (χ1) is 6.18. The van der Waals surface area contributed by atoms with Gasteiger partial charge in [0.2, 0.25) is 6.21 Å². The van der Waals surface area contributed by atoms with E-state index in [0.717, 1.165) is 6.21 Å². The highest BCUT2D eigenvalue weighted by molar-refractivity contribution is 6.29. The zero-order chi connectivity index (χ0) is 9.68. The number of hydrogen-bond acceptors (Lipinski definition) is 2. The van der Waals surface area contributed by atoms with Crippen LogP contribution in [0.15, 0.2) is 30.3 Å². The van der Waals surface area contributed by atoms with Crippen molar-refractivity contribution in [2.24, 2.45) is 0 Å². The van der Waals surface area contributed by atoms with Crippen molar-refractivity contribution in [2.75, 3.05) is 12.4 Å². The molecule has 0 atom stereocenters. The normalized spacial score (nSPS) is 11.0. The van der Waals surface area contributed by atoms with Crippen molar-refractivity contribution in [3.8, 4) is 0 Å². The Bertz CT molecular complexity index is 316. The van der Waals surface area contributed by atoms with Crippen molar-refractivity contribution in [3.05, 3.63) is 35.5 Å². The third-order valence-corrected chi connectivity index (χ3v) is 1.34. The van der Waals surface area contributed by atoms with Crippen LogP contribution in [-0.2, 0) is 4.79 Å². The lowest BCUT2D eigenvalue weighted by atomic mass is 10.3. The van der Waals surface area contributed by atoms with Gasteiger partial charge in [0.25, 0.3) is 0 Å². The van der Waals surface area contributed by atoms with E-state index >= 15 is 0 Å². The van der Waals surface area contributed by atoms with Crippen LogP contribution in [0.25, 0.3) is 0 Å². The summed E-state index contributed by atoms with van der Waals surface area (Å²) >= 11 is 0. The molecule has 0 fully saturated rings. The molecular weight excluding hydrogens is 168 g/mol. The van der Waals surface area contributed by atoms with Crippen molar-refractivity contribution in [2.45, 2.75) is 0 Å². The third kappa shape index (κ3) is 3.37. The van der Waals surface area contributed by atoms with Crippen molar-refractivity contribution >= 4 is 17.8 Å². The molecule has 0 bridgehead atoms. The molecule has 0 aromatic heterocycles.